The second kappa shape index (κ2) is 24.4. The van der Waals surface area contributed by atoms with Crippen LogP contribution in [-0.4, -0.2) is 105 Å². The van der Waals surface area contributed by atoms with Crippen LogP contribution in [0, 0.1) is 14.7 Å². The summed E-state index contributed by atoms with van der Waals surface area (Å²) in [5, 5.41) is 25.6. The van der Waals surface area contributed by atoms with Crippen LogP contribution >= 0.6 is 0 Å². The van der Waals surface area contributed by atoms with Crippen LogP contribution < -0.4 is 14.2 Å². The predicted molar refractivity (Wildman–Crippen MR) is 220 cm³/mol. The number of carbonyl (C=O) groups is 10. The molecule has 0 amide bonds. The van der Waals surface area contributed by atoms with Crippen molar-refractivity contribution in [2.24, 2.45) is 15.5 Å². The van der Waals surface area contributed by atoms with Crippen LogP contribution in [0.1, 0.15) is 86.0 Å². The third-order valence-electron chi connectivity index (χ3n) is 8.31. The van der Waals surface area contributed by atoms with Gasteiger partial charge in [-0.05, 0) is 76.2 Å². The molecular formula is C42H43N3O19. The monoisotopic (exact) mass is 893 g/mol. The maximum Gasteiger partial charge on any atom is 0.342 e. The summed E-state index contributed by atoms with van der Waals surface area (Å²) in [6.45, 7) is 6.48. The molecule has 3 aromatic rings. The first-order valence-corrected chi connectivity index (χ1v) is 18.4. The van der Waals surface area contributed by atoms with Gasteiger partial charge in [0.05, 0.1) is 0 Å². The summed E-state index contributed by atoms with van der Waals surface area (Å²) in [6.07, 6.45) is -0.0142. The van der Waals surface area contributed by atoms with E-state index in [-0.39, 0.29) is 40.4 Å². The van der Waals surface area contributed by atoms with Crippen molar-refractivity contribution in [3.63, 3.8) is 0 Å². The number of rotatable bonds is 22. The Morgan fingerprint density at radius 2 is 0.922 bits per heavy atom. The van der Waals surface area contributed by atoms with E-state index in [0.717, 1.165) is 6.92 Å². The summed E-state index contributed by atoms with van der Waals surface area (Å²) in [5.41, 5.74) is -5.71. The van der Waals surface area contributed by atoms with Crippen LogP contribution in [0.25, 0.3) is 0 Å². The number of hydrogen-bond donors (Lipinski definition) is 2. The summed E-state index contributed by atoms with van der Waals surface area (Å²) >= 11 is 0. The van der Waals surface area contributed by atoms with Crippen LogP contribution in [0.15, 0.2) is 88.3 Å². The van der Waals surface area contributed by atoms with Crippen molar-refractivity contribution in [1.82, 2.24) is 0 Å². The number of carboxylic acid groups (broad SMARTS) is 2. The van der Waals surface area contributed by atoms with Crippen LogP contribution in [-0.2, 0) is 38.3 Å². The predicted octanol–water partition coefficient (Wildman–Crippen LogP) is 4.74. The van der Waals surface area contributed by atoms with Gasteiger partial charge in [0.2, 0.25) is 34.5 Å². The molecule has 3 aromatic carbocycles. The molecule has 64 heavy (non-hydrogen) atoms. The number of nitrogens with zero attached hydrogens (tertiary/aromatic N) is 3. The van der Waals surface area contributed by atoms with Gasteiger partial charge in [0, 0.05) is 13.3 Å². The summed E-state index contributed by atoms with van der Waals surface area (Å²) in [5.74, 6) is -9.56. The number of benzene rings is 3. The molecule has 0 spiro atoms. The van der Waals surface area contributed by atoms with Gasteiger partial charge in [-0.3, -0.25) is 33.6 Å². The summed E-state index contributed by atoms with van der Waals surface area (Å²) in [6, 6.07) is 17.2. The third-order valence-corrected chi connectivity index (χ3v) is 8.31. The van der Waals surface area contributed by atoms with E-state index in [4.69, 9.17) is 29.2 Å². The minimum atomic E-state index is -2.01. The SMILES string of the molecule is CC(=O)Oc1ccccc1C(=O)OCC(=O)C(=O)C(C)(C)N=O.CC(C)(N=O)C(=O)C(=O)COc1ccccc1C(=O)O.CCC(=O)C(C)(N=O)C(=O)COc1ccccc1C(=O)O. The van der Waals surface area contributed by atoms with E-state index in [1.165, 1.54) is 102 Å². The van der Waals surface area contributed by atoms with Crippen molar-refractivity contribution in [2.45, 2.75) is 71.5 Å². The van der Waals surface area contributed by atoms with Gasteiger partial charge in [-0.15, -0.1) is 14.7 Å². The van der Waals surface area contributed by atoms with E-state index < -0.39 is 95.0 Å². The lowest BCUT2D eigenvalue weighted by molar-refractivity contribution is -0.140. The van der Waals surface area contributed by atoms with Crippen LogP contribution in [0.4, 0.5) is 0 Å². The van der Waals surface area contributed by atoms with E-state index in [1.54, 1.807) is 12.1 Å². The average molecular weight is 894 g/mol. The van der Waals surface area contributed by atoms with E-state index in [0.29, 0.717) is 0 Å². The van der Waals surface area contributed by atoms with E-state index >= 15 is 0 Å². The molecule has 1 atom stereocenters. The number of hydrogen-bond acceptors (Lipinski definition) is 20. The molecular weight excluding hydrogens is 850 g/mol. The minimum Gasteiger partial charge on any atom is -0.485 e. The molecule has 0 fully saturated rings. The zero-order valence-electron chi connectivity index (χ0n) is 35.4. The van der Waals surface area contributed by atoms with Crippen LogP contribution in [0.2, 0.25) is 0 Å². The normalized spacial score (nSPS) is 11.4. The lowest BCUT2D eigenvalue weighted by Crippen LogP contribution is -2.44. The maximum absolute atomic E-state index is 12.0. The van der Waals surface area contributed by atoms with Gasteiger partial charge in [-0.1, -0.05) is 53.7 Å². The quantitative estimate of drug-likeness (QED) is 0.0452. The first kappa shape index (κ1) is 54.0. The van der Waals surface area contributed by atoms with Crippen molar-refractivity contribution in [2.75, 3.05) is 19.8 Å². The molecule has 3 rings (SSSR count). The lowest BCUT2D eigenvalue weighted by Gasteiger charge is -2.18. The molecule has 1 unspecified atom stereocenters. The molecule has 0 radical (unpaired) electrons. The zero-order chi connectivity index (χ0) is 49.0. The highest BCUT2D eigenvalue weighted by Gasteiger charge is 2.42. The van der Waals surface area contributed by atoms with E-state index in [9.17, 15) is 62.7 Å². The topological polar surface area (TPSA) is 336 Å². The fourth-order valence-corrected chi connectivity index (χ4v) is 4.55. The number of ether oxygens (including phenoxy) is 4. The minimum absolute atomic E-state index is 0.0142. The molecule has 22 nitrogen and oxygen atoms in total. The van der Waals surface area contributed by atoms with Gasteiger partial charge in [-0.25, -0.2) is 14.4 Å². The highest BCUT2D eigenvalue weighted by Crippen LogP contribution is 2.22. The van der Waals surface area contributed by atoms with Crippen molar-refractivity contribution in [3.05, 3.63) is 104 Å². The van der Waals surface area contributed by atoms with Crippen molar-refractivity contribution >= 4 is 58.6 Å². The molecule has 0 aliphatic rings. The van der Waals surface area contributed by atoms with E-state index in [1.807, 2.05) is 0 Å². The molecule has 0 saturated heterocycles. The summed E-state index contributed by atoms with van der Waals surface area (Å²) in [4.78, 5) is 147. The molecule has 0 heterocycles. The van der Waals surface area contributed by atoms with Crippen molar-refractivity contribution in [3.8, 4) is 17.2 Å². The molecule has 22 heteroatoms. The third kappa shape index (κ3) is 15.5. The number of ketones is 6. The molecule has 0 aromatic heterocycles. The number of esters is 2. The largest absolute Gasteiger partial charge is 0.485 e. The highest BCUT2D eigenvalue weighted by atomic mass is 16.6. The van der Waals surface area contributed by atoms with Gasteiger partial charge >= 0.3 is 23.9 Å². The van der Waals surface area contributed by atoms with Gasteiger partial charge in [0.15, 0.2) is 30.1 Å². The Balaban J connectivity index is 0.000000481. The number of Topliss-reactive ketones (excluding diaryl/α,β-unsaturated/α-hetero) is 6. The first-order chi connectivity index (χ1) is 29.8. The number of aromatic carboxylic acids is 2. The Morgan fingerprint density at radius 1 is 0.531 bits per heavy atom. The maximum atomic E-state index is 12.0. The van der Waals surface area contributed by atoms with Crippen molar-refractivity contribution in [1.29, 1.82) is 0 Å². The van der Waals surface area contributed by atoms with Crippen molar-refractivity contribution < 1.29 is 77.1 Å². The van der Waals surface area contributed by atoms with Gasteiger partial charge in [0.1, 0.15) is 40.5 Å². The first-order valence-electron chi connectivity index (χ1n) is 18.4. The van der Waals surface area contributed by atoms with E-state index in [2.05, 4.69) is 15.5 Å². The van der Waals surface area contributed by atoms with Gasteiger partial charge in [0.25, 0.3) is 0 Å². The Bertz CT molecular complexity index is 2320. The fraction of sp³-hybridized carbons (Fsp3) is 0.333. The Labute approximate surface area is 363 Å². The second-order valence-electron chi connectivity index (χ2n) is 14.0. The zero-order valence-corrected chi connectivity index (χ0v) is 35.4. The standard InChI is InChI=1S/C15H15NO7.C14H15NO6.C13H13NO6/c1-9(17)23-12-7-5-4-6-10(12)14(20)22-8-11(18)13(19)15(2,3)16-21;1-3-11(16)14(2,15-20)12(17)8-21-10-7-5-4-6-9(10)13(18)19;1-13(2,14-19)11(16)9(15)7-20-10-6-4-3-5-8(10)12(17)18/h4-7H,8H2,1-3H3;4-7H,3,8H2,1-2H3,(H,18,19);3-6H,7H2,1-2H3,(H,17,18). The van der Waals surface area contributed by atoms with Crippen LogP contribution in [0.3, 0.4) is 0 Å². The van der Waals surface area contributed by atoms with Gasteiger partial charge < -0.3 is 29.2 Å². The Hall–Kier alpha value is -8.04. The van der Waals surface area contributed by atoms with Crippen LogP contribution in [0.5, 0.6) is 17.2 Å². The molecule has 0 bridgehead atoms. The summed E-state index contributed by atoms with van der Waals surface area (Å²) in [7, 11) is 0. The number of para-hydroxylation sites is 3. The molecule has 2 N–H and O–H groups in total. The number of nitroso groups, excluding NO2 is 3. The summed E-state index contributed by atoms with van der Waals surface area (Å²) < 4.78 is 19.7. The van der Waals surface area contributed by atoms with Gasteiger partial charge in [-0.2, -0.15) is 0 Å². The average Bonchev–Trinajstić information content (AvgIpc) is 3.28. The molecule has 0 aliphatic carbocycles. The highest BCUT2D eigenvalue weighted by molar-refractivity contribution is 6.41. The molecule has 340 valence electrons. The smallest absolute Gasteiger partial charge is 0.342 e. The Kier molecular flexibility index (Phi) is 20.6. The fourth-order valence-electron chi connectivity index (χ4n) is 4.55. The number of carboxylic acids is 2. The molecule has 0 aliphatic heterocycles. The molecule has 0 saturated carbocycles. The Morgan fingerprint density at radius 3 is 1.31 bits per heavy atom. The number of carbonyl (C=O) groups excluding carboxylic acids is 8. The lowest BCUT2D eigenvalue weighted by atomic mass is 9.91. The second-order valence-corrected chi connectivity index (χ2v) is 14.0.